The van der Waals surface area contributed by atoms with Crippen LogP contribution in [0.4, 0.5) is 28.9 Å². The Labute approximate surface area is 151 Å². The number of anilines is 2. The van der Waals surface area contributed by atoms with E-state index in [1.54, 1.807) is 0 Å². The van der Waals surface area contributed by atoms with Gasteiger partial charge in [0.25, 0.3) is 5.91 Å². The highest BCUT2D eigenvalue weighted by Crippen LogP contribution is 2.16. The maximum Gasteiger partial charge on any atom is 0.345 e. The third-order valence-corrected chi connectivity index (χ3v) is 3.22. The summed E-state index contributed by atoms with van der Waals surface area (Å²) in [7, 11) is 0. The normalized spacial score (nSPS) is 11.1. The minimum Gasteiger partial charge on any atom is -0.462 e. The van der Waals surface area contributed by atoms with Gasteiger partial charge in [0.2, 0.25) is 0 Å². The van der Waals surface area contributed by atoms with Crippen molar-refractivity contribution in [2.24, 2.45) is 0 Å². The number of halogens is 4. The largest absolute Gasteiger partial charge is 0.462 e. The highest BCUT2D eigenvalue weighted by atomic mass is 19.2. The van der Waals surface area contributed by atoms with Gasteiger partial charge in [-0.25, -0.2) is 22.4 Å². The van der Waals surface area contributed by atoms with Gasteiger partial charge in [-0.05, 0) is 31.2 Å². The van der Waals surface area contributed by atoms with Crippen LogP contribution in [0.2, 0.25) is 0 Å². The molecule has 2 aromatic carbocycles. The molecule has 0 heterocycles. The van der Waals surface area contributed by atoms with Crippen molar-refractivity contribution >= 4 is 23.3 Å². The molecular weight excluding hydrogens is 368 g/mol. The Balaban J connectivity index is 2.23. The standard InChI is InChI=1S/C18H14F4N2O3/c1-2-27-18(26)12(9-23-10-3-5-13(19)15(21)7-10)17(25)24-11-4-6-14(20)16(22)8-11/h3-9,23H,2H2,1H3,(H,24,25). The van der Waals surface area contributed by atoms with Gasteiger partial charge in [-0.3, -0.25) is 4.79 Å². The van der Waals surface area contributed by atoms with Gasteiger partial charge in [-0.2, -0.15) is 0 Å². The van der Waals surface area contributed by atoms with Crippen LogP contribution in [0, 0.1) is 23.3 Å². The summed E-state index contributed by atoms with van der Waals surface area (Å²) >= 11 is 0. The Morgan fingerprint density at radius 2 is 1.48 bits per heavy atom. The van der Waals surface area contributed by atoms with Crippen LogP contribution in [0.15, 0.2) is 48.2 Å². The fourth-order valence-electron chi connectivity index (χ4n) is 1.94. The van der Waals surface area contributed by atoms with Gasteiger partial charge < -0.3 is 15.4 Å². The van der Waals surface area contributed by atoms with E-state index in [4.69, 9.17) is 4.74 Å². The van der Waals surface area contributed by atoms with Crippen molar-refractivity contribution in [3.63, 3.8) is 0 Å². The summed E-state index contributed by atoms with van der Waals surface area (Å²) in [5.74, 6) is -6.46. The van der Waals surface area contributed by atoms with Gasteiger partial charge >= 0.3 is 5.97 Å². The molecule has 0 spiro atoms. The number of ether oxygens (including phenoxy) is 1. The monoisotopic (exact) mass is 382 g/mol. The van der Waals surface area contributed by atoms with Crippen LogP contribution >= 0.6 is 0 Å². The highest BCUT2D eigenvalue weighted by molar-refractivity contribution is 6.21. The molecule has 0 saturated heterocycles. The summed E-state index contributed by atoms with van der Waals surface area (Å²) in [4.78, 5) is 24.3. The summed E-state index contributed by atoms with van der Waals surface area (Å²) in [6, 6.07) is 5.50. The van der Waals surface area contributed by atoms with Crippen LogP contribution in [0.25, 0.3) is 0 Å². The van der Waals surface area contributed by atoms with Crippen LogP contribution < -0.4 is 10.6 Å². The lowest BCUT2D eigenvalue weighted by Crippen LogP contribution is -2.23. The summed E-state index contributed by atoms with van der Waals surface area (Å²) in [6.07, 6.45) is 0.930. The van der Waals surface area contributed by atoms with Crippen molar-refractivity contribution in [3.05, 3.63) is 71.4 Å². The quantitative estimate of drug-likeness (QED) is 0.263. The summed E-state index contributed by atoms with van der Waals surface area (Å²) < 4.78 is 57.1. The van der Waals surface area contributed by atoms with Gasteiger partial charge in [-0.15, -0.1) is 0 Å². The van der Waals surface area contributed by atoms with Crippen LogP contribution in [-0.4, -0.2) is 18.5 Å². The minimum atomic E-state index is -1.19. The van der Waals surface area contributed by atoms with Gasteiger partial charge in [0.15, 0.2) is 23.3 Å². The van der Waals surface area contributed by atoms with E-state index in [1.807, 2.05) is 0 Å². The van der Waals surface area contributed by atoms with Crippen molar-refractivity contribution < 1.29 is 31.9 Å². The van der Waals surface area contributed by atoms with E-state index >= 15 is 0 Å². The number of rotatable bonds is 6. The molecule has 1 amide bonds. The average Bonchev–Trinajstić information content (AvgIpc) is 2.61. The number of carbonyl (C=O) groups excluding carboxylic acids is 2. The molecule has 2 N–H and O–H groups in total. The minimum absolute atomic E-state index is 0.0280. The zero-order chi connectivity index (χ0) is 20.0. The van der Waals surface area contributed by atoms with Crippen LogP contribution in [-0.2, 0) is 14.3 Å². The molecule has 9 heteroatoms. The maximum atomic E-state index is 13.2. The smallest absolute Gasteiger partial charge is 0.345 e. The Kier molecular flexibility index (Phi) is 6.53. The predicted octanol–water partition coefficient (Wildman–Crippen LogP) is 3.74. The molecule has 0 aliphatic rings. The number of nitrogens with one attached hydrogen (secondary N) is 2. The van der Waals surface area contributed by atoms with E-state index in [9.17, 15) is 27.2 Å². The fraction of sp³-hybridized carbons (Fsp3) is 0.111. The molecular formula is C18H14F4N2O3. The third kappa shape index (κ3) is 5.30. The molecule has 5 nitrogen and oxygen atoms in total. The number of amides is 1. The van der Waals surface area contributed by atoms with E-state index in [0.717, 1.165) is 36.5 Å². The molecule has 0 saturated carbocycles. The van der Waals surface area contributed by atoms with Crippen LogP contribution in [0.5, 0.6) is 0 Å². The Morgan fingerprint density at radius 1 is 0.926 bits per heavy atom. The van der Waals surface area contributed by atoms with Crippen molar-refractivity contribution in [1.82, 2.24) is 0 Å². The highest BCUT2D eigenvalue weighted by Gasteiger charge is 2.20. The predicted molar refractivity (Wildman–Crippen MR) is 89.7 cm³/mol. The molecule has 0 radical (unpaired) electrons. The average molecular weight is 382 g/mol. The molecule has 27 heavy (non-hydrogen) atoms. The molecule has 0 bridgehead atoms. The molecule has 0 aromatic heterocycles. The second-order valence-corrected chi connectivity index (χ2v) is 5.13. The van der Waals surface area contributed by atoms with E-state index in [2.05, 4.69) is 10.6 Å². The molecule has 2 rings (SSSR count). The van der Waals surface area contributed by atoms with Gasteiger partial charge in [-0.1, -0.05) is 0 Å². The zero-order valence-electron chi connectivity index (χ0n) is 14.0. The van der Waals surface area contributed by atoms with Gasteiger partial charge in [0.1, 0.15) is 5.57 Å². The second kappa shape index (κ2) is 8.84. The van der Waals surface area contributed by atoms with Gasteiger partial charge in [0.05, 0.1) is 6.61 Å². The van der Waals surface area contributed by atoms with Crippen molar-refractivity contribution in [2.45, 2.75) is 6.92 Å². The Hall–Kier alpha value is -3.36. The topological polar surface area (TPSA) is 67.4 Å². The Morgan fingerprint density at radius 3 is 2.04 bits per heavy atom. The molecule has 2 aromatic rings. The first-order valence-corrected chi connectivity index (χ1v) is 7.67. The lowest BCUT2D eigenvalue weighted by Gasteiger charge is -2.10. The van der Waals surface area contributed by atoms with Crippen LogP contribution in [0.3, 0.4) is 0 Å². The van der Waals surface area contributed by atoms with E-state index in [1.165, 1.54) is 13.0 Å². The third-order valence-electron chi connectivity index (χ3n) is 3.22. The summed E-state index contributed by atoms with van der Waals surface area (Å²) in [5.41, 5.74) is -0.551. The number of benzene rings is 2. The first-order valence-electron chi connectivity index (χ1n) is 7.67. The lowest BCUT2D eigenvalue weighted by molar-refractivity contribution is -0.139. The Bertz CT molecular complexity index is 900. The van der Waals surface area contributed by atoms with E-state index in [0.29, 0.717) is 0 Å². The number of hydrogen-bond acceptors (Lipinski definition) is 4. The molecule has 0 aliphatic heterocycles. The molecule has 0 aliphatic carbocycles. The number of carbonyl (C=O) groups is 2. The van der Waals surface area contributed by atoms with E-state index in [-0.39, 0.29) is 18.0 Å². The van der Waals surface area contributed by atoms with Crippen molar-refractivity contribution in [2.75, 3.05) is 17.2 Å². The van der Waals surface area contributed by atoms with E-state index < -0.39 is 40.7 Å². The molecule has 0 unspecified atom stereocenters. The lowest BCUT2D eigenvalue weighted by atomic mass is 10.2. The SMILES string of the molecule is CCOC(=O)C(=CNc1ccc(F)c(F)c1)C(=O)Nc1ccc(F)c(F)c1. The number of esters is 1. The van der Waals surface area contributed by atoms with Crippen molar-refractivity contribution in [3.8, 4) is 0 Å². The second-order valence-electron chi connectivity index (χ2n) is 5.13. The summed E-state index contributed by atoms with van der Waals surface area (Å²) in [5, 5.41) is 4.69. The van der Waals surface area contributed by atoms with Gasteiger partial charge in [0, 0.05) is 29.7 Å². The fourth-order valence-corrected chi connectivity index (χ4v) is 1.94. The molecule has 0 fully saturated rings. The maximum absolute atomic E-state index is 13.2. The van der Waals surface area contributed by atoms with Crippen molar-refractivity contribution in [1.29, 1.82) is 0 Å². The molecule has 142 valence electrons. The first-order chi connectivity index (χ1) is 12.8. The summed E-state index contributed by atoms with van der Waals surface area (Å²) in [6.45, 7) is 1.49. The van der Waals surface area contributed by atoms with Crippen LogP contribution in [0.1, 0.15) is 6.92 Å². The number of hydrogen-bond donors (Lipinski definition) is 2. The zero-order valence-corrected chi connectivity index (χ0v) is 14.0. The molecule has 0 atom stereocenters. The first kappa shape index (κ1) is 20.0.